The van der Waals surface area contributed by atoms with Gasteiger partial charge in [0, 0.05) is 12.5 Å². The average Bonchev–Trinajstić information content (AvgIpc) is 3.22. The molecule has 2 unspecified atom stereocenters. The number of benzene rings is 1. The van der Waals surface area contributed by atoms with Crippen LogP contribution in [0.3, 0.4) is 0 Å². The molecule has 1 N–H and O–H groups in total. The number of nitrogens with one attached hydrogen (secondary N) is 1. The van der Waals surface area contributed by atoms with Crippen molar-refractivity contribution in [1.82, 2.24) is 5.32 Å². The quantitative estimate of drug-likeness (QED) is 0.836. The smallest absolute Gasteiger partial charge is 0.134 e. The topological polar surface area (TPSA) is 34.4 Å². The summed E-state index contributed by atoms with van der Waals surface area (Å²) in [6, 6.07) is 6.58. The first kappa shape index (κ1) is 14.5. The molecular weight excluding hydrogens is 269 g/mol. The Labute approximate surface area is 124 Å². The maximum Gasteiger partial charge on any atom is 0.134 e. The van der Waals surface area contributed by atoms with Gasteiger partial charge in [0.2, 0.25) is 0 Å². The molecule has 4 heteroatoms. The van der Waals surface area contributed by atoms with E-state index in [0.29, 0.717) is 5.92 Å². The highest BCUT2D eigenvalue weighted by atomic mass is 19.1. The largest absolute Gasteiger partial charge is 0.459 e. The molecule has 114 valence electrons. The van der Waals surface area contributed by atoms with Gasteiger partial charge in [0.25, 0.3) is 0 Å². The predicted octanol–water partition coefficient (Wildman–Crippen LogP) is 4.04. The molecule has 1 aromatic heterocycles. The molecule has 0 bridgehead atoms. The summed E-state index contributed by atoms with van der Waals surface area (Å²) in [5, 5.41) is 4.33. The maximum atomic E-state index is 13.3. The minimum atomic E-state index is -0.238. The molecule has 1 aliphatic carbocycles. The molecule has 1 fully saturated rings. The Morgan fingerprint density at radius 2 is 2.19 bits per heavy atom. The van der Waals surface area contributed by atoms with Gasteiger partial charge in [0.15, 0.2) is 0 Å². The Morgan fingerprint density at radius 3 is 2.86 bits per heavy atom. The summed E-state index contributed by atoms with van der Waals surface area (Å²) in [6.45, 7) is 3.04. The summed E-state index contributed by atoms with van der Waals surface area (Å²) >= 11 is 0. The van der Waals surface area contributed by atoms with E-state index in [1.165, 1.54) is 25.0 Å². The van der Waals surface area contributed by atoms with Crippen LogP contribution in [0.5, 0.6) is 0 Å². The molecule has 0 aliphatic heterocycles. The second kappa shape index (κ2) is 6.16. The second-order valence-corrected chi connectivity index (χ2v) is 5.80. The van der Waals surface area contributed by atoms with Crippen molar-refractivity contribution < 1.29 is 13.5 Å². The minimum Gasteiger partial charge on any atom is -0.459 e. The fourth-order valence-corrected chi connectivity index (χ4v) is 2.89. The number of hydrogen-bond acceptors (Lipinski definition) is 3. The van der Waals surface area contributed by atoms with Crippen LogP contribution in [0.1, 0.15) is 38.0 Å². The van der Waals surface area contributed by atoms with Crippen molar-refractivity contribution in [3.05, 3.63) is 35.8 Å². The van der Waals surface area contributed by atoms with E-state index >= 15 is 0 Å². The fraction of sp³-hybridized carbons (Fsp3) is 0.529. The lowest BCUT2D eigenvalue weighted by Crippen LogP contribution is -2.35. The summed E-state index contributed by atoms with van der Waals surface area (Å²) in [5.41, 5.74) is 0.723. The molecule has 3 nitrogen and oxygen atoms in total. The summed E-state index contributed by atoms with van der Waals surface area (Å²) in [7, 11) is 1.76. The van der Waals surface area contributed by atoms with Gasteiger partial charge in [0.05, 0.1) is 12.1 Å². The second-order valence-electron chi connectivity index (χ2n) is 5.80. The first-order valence-electron chi connectivity index (χ1n) is 7.68. The van der Waals surface area contributed by atoms with Crippen LogP contribution in [0, 0.1) is 11.7 Å². The lowest BCUT2D eigenvalue weighted by atomic mass is 10.0. The molecule has 3 rings (SSSR count). The van der Waals surface area contributed by atoms with Crippen LogP contribution < -0.4 is 5.32 Å². The monoisotopic (exact) mass is 291 g/mol. The van der Waals surface area contributed by atoms with Gasteiger partial charge in [-0.25, -0.2) is 4.39 Å². The van der Waals surface area contributed by atoms with Crippen molar-refractivity contribution in [1.29, 1.82) is 0 Å². The van der Waals surface area contributed by atoms with Crippen LogP contribution in [0.15, 0.2) is 28.7 Å². The van der Waals surface area contributed by atoms with Gasteiger partial charge in [-0.05, 0) is 56.0 Å². The van der Waals surface area contributed by atoms with E-state index in [-0.39, 0.29) is 18.0 Å². The molecule has 1 aliphatic rings. The molecule has 1 saturated carbocycles. The lowest BCUT2D eigenvalue weighted by Gasteiger charge is -2.25. The highest BCUT2D eigenvalue weighted by Crippen LogP contribution is 2.40. The molecule has 0 radical (unpaired) electrons. The van der Waals surface area contributed by atoms with Gasteiger partial charge < -0.3 is 14.5 Å². The standard InChI is InChI=1S/C17H22FNO2/c1-3-8-19-16(17(20-2)11-4-5-11)15-10-12-9-13(18)6-7-14(12)21-15/h6-7,9-11,16-17,19H,3-5,8H2,1-2H3. The molecule has 21 heavy (non-hydrogen) atoms. The van der Waals surface area contributed by atoms with Crippen molar-refractivity contribution >= 4 is 11.0 Å². The summed E-state index contributed by atoms with van der Waals surface area (Å²) in [6.07, 6.45) is 3.57. The number of halogens is 1. The van der Waals surface area contributed by atoms with Crippen molar-refractivity contribution in [2.45, 2.75) is 38.3 Å². The molecule has 2 aromatic rings. The number of hydrogen-bond donors (Lipinski definition) is 1. The highest BCUT2D eigenvalue weighted by molar-refractivity contribution is 5.78. The Hall–Kier alpha value is -1.39. The van der Waals surface area contributed by atoms with Gasteiger partial charge in [-0.2, -0.15) is 0 Å². The SMILES string of the molecule is CCCNC(c1cc2cc(F)ccc2o1)C(OC)C1CC1. The van der Waals surface area contributed by atoms with E-state index in [4.69, 9.17) is 9.15 Å². The van der Waals surface area contributed by atoms with Crippen LogP contribution in [-0.4, -0.2) is 19.8 Å². The normalized spacial score (nSPS) is 18.0. The van der Waals surface area contributed by atoms with Gasteiger partial charge in [-0.1, -0.05) is 6.92 Å². The highest BCUT2D eigenvalue weighted by Gasteiger charge is 2.38. The number of methoxy groups -OCH3 is 1. The van der Waals surface area contributed by atoms with E-state index in [1.807, 2.05) is 6.07 Å². The lowest BCUT2D eigenvalue weighted by molar-refractivity contribution is 0.0445. The Morgan fingerprint density at radius 1 is 1.38 bits per heavy atom. The number of fused-ring (bicyclic) bond motifs is 1. The number of furan rings is 1. The average molecular weight is 291 g/mol. The summed E-state index contributed by atoms with van der Waals surface area (Å²) < 4.78 is 25.0. The van der Waals surface area contributed by atoms with Gasteiger partial charge in [-0.15, -0.1) is 0 Å². The fourth-order valence-electron chi connectivity index (χ4n) is 2.89. The van der Waals surface area contributed by atoms with Crippen LogP contribution in [0.25, 0.3) is 11.0 Å². The van der Waals surface area contributed by atoms with Crippen LogP contribution >= 0.6 is 0 Å². The molecule has 1 heterocycles. The molecular formula is C17H22FNO2. The van der Waals surface area contributed by atoms with Crippen LogP contribution in [-0.2, 0) is 4.74 Å². The zero-order valence-electron chi connectivity index (χ0n) is 12.6. The molecule has 1 aromatic carbocycles. The first-order valence-corrected chi connectivity index (χ1v) is 7.68. The maximum absolute atomic E-state index is 13.3. The third-order valence-electron chi connectivity index (χ3n) is 4.11. The Bertz CT molecular complexity index is 606. The molecule has 0 spiro atoms. The van der Waals surface area contributed by atoms with E-state index in [0.717, 1.165) is 29.7 Å². The van der Waals surface area contributed by atoms with Crippen molar-refractivity contribution in [3.63, 3.8) is 0 Å². The van der Waals surface area contributed by atoms with E-state index in [9.17, 15) is 4.39 Å². The van der Waals surface area contributed by atoms with Gasteiger partial charge >= 0.3 is 0 Å². The van der Waals surface area contributed by atoms with Gasteiger partial charge in [0.1, 0.15) is 17.2 Å². The molecule has 0 saturated heterocycles. The Balaban J connectivity index is 1.92. The van der Waals surface area contributed by atoms with Crippen molar-refractivity contribution in [2.75, 3.05) is 13.7 Å². The Kier molecular flexibility index (Phi) is 4.27. The van der Waals surface area contributed by atoms with E-state index in [2.05, 4.69) is 12.2 Å². The zero-order valence-corrected chi connectivity index (χ0v) is 12.6. The van der Waals surface area contributed by atoms with Crippen molar-refractivity contribution in [3.8, 4) is 0 Å². The molecule has 2 atom stereocenters. The van der Waals surface area contributed by atoms with Gasteiger partial charge in [-0.3, -0.25) is 0 Å². The third kappa shape index (κ3) is 3.11. The minimum absolute atomic E-state index is 0.0258. The summed E-state index contributed by atoms with van der Waals surface area (Å²) in [5.74, 6) is 1.19. The molecule has 0 amide bonds. The number of rotatable bonds is 7. The first-order chi connectivity index (χ1) is 10.2. The van der Waals surface area contributed by atoms with E-state index < -0.39 is 0 Å². The number of ether oxygens (including phenoxy) is 1. The predicted molar refractivity (Wildman–Crippen MR) is 80.7 cm³/mol. The van der Waals surface area contributed by atoms with E-state index in [1.54, 1.807) is 13.2 Å². The third-order valence-corrected chi connectivity index (χ3v) is 4.11. The zero-order chi connectivity index (χ0) is 14.8. The summed E-state index contributed by atoms with van der Waals surface area (Å²) in [4.78, 5) is 0. The van der Waals surface area contributed by atoms with Crippen molar-refractivity contribution in [2.24, 2.45) is 5.92 Å². The van der Waals surface area contributed by atoms with Crippen LogP contribution in [0.2, 0.25) is 0 Å². The van der Waals surface area contributed by atoms with Crippen LogP contribution in [0.4, 0.5) is 4.39 Å².